The van der Waals surface area contributed by atoms with Crippen LogP contribution in [0.25, 0.3) is 0 Å². The van der Waals surface area contributed by atoms with Crippen LogP contribution in [0.1, 0.15) is 27.2 Å². The van der Waals surface area contributed by atoms with Crippen LogP contribution in [-0.2, 0) is 14.3 Å². The molecule has 0 bridgehead atoms. The molecular formula is C10H23NO3. The number of carbonyl (C=O) groups excluding carboxylic acids is 1. The number of carbonyl (C=O) groups is 1. The van der Waals surface area contributed by atoms with Crippen LogP contribution >= 0.6 is 0 Å². The fourth-order valence-electron chi connectivity index (χ4n) is 0.632. The van der Waals surface area contributed by atoms with Gasteiger partial charge in [0.1, 0.15) is 0 Å². The molecular weight excluding hydrogens is 182 g/mol. The molecule has 0 heterocycles. The minimum absolute atomic E-state index is 0.0605. The Kier molecular flexibility index (Phi) is 16.9. The van der Waals surface area contributed by atoms with Crippen molar-refractivity contribution in [2.24, 2.45) is 0 Å². The Morgan fingerprint density at radius 3 is 2.36 bits per heavy atom. The molecule has 0 aromatic heterocycles. The first-order valence-electron chi connectivity index (χ1n) is 5.14. The third-order valence-corrected chi connectivity index (χ3v) is 1.32. The fraction of sp³-hybridized carbons (Fsp3) is 0.900. The van der Waals surface area contributed by atoms with Gasteiger partial charge in [0.2, 0.25) is 5.91 Å². The van der Waals surface area contributed by atoms with E-state index in [-0.39, 0.29) is 5.91 Å². The lowest BCUT2D eigenvalue weighted by molar-refractivity contribution is -0.121. The summed E-state index contributed by atoms with van der Waals surface area (Å²) in [5, 5.41) is 2.70. The molecule has 0 aromatic rings. The number of amides is 1. The van der Waals surface area contributed by atoms with Crippen LogP contribution in [0.15, 0.2) is 0 Å². The second-order valence-corrected chi connectivity index (χ2v) is 2.31. The van der Waals surface area contributed by atoms with Crippen molar-refractivity contribution in [1.29, 1.82) is 0 Å². The SMILES string of the molecule is CC.CCC(=O)NCCOCCOC. The van der Waals surface area contributed by atoms with Gasteiger partial charge in [-0.3, -0.25) is 4.79 Å². The van der Waals surface area contributed by atoms with Crippen LogP contribution in [0.4, 0.5) is 0 Å². The number of ether oxygens (including phenoxy) is 2. The number of rotatable bonds is 7. The summed E-state index contributed by atoms with van der Waals surface area (Å²) in [6.45, 7) is 8.13. The molecule has 1 amide bonds. The van der Waals surface area contributed by atoms with Crippen molar-refractivity contribution >= 4 is 5.91 Å². The van der Waals surface area contributed by atoms with Crippen molar-refractivity contribution in [1.82, 2.24) is 5.32 Å². The fourth-order valence-corrected chi connectivity index (χ4v) is 0.632. The topological polar surface area (TPSA) is 47.6 Å². The normalized spacial score (nSPS) is 8.86. The Balaban J connectivity index is 0. The molecule has 0 aliphatic carbocycles. The van der Waals surface area contributed by atoms with E-state index in [2.05, 4.69) is 5.32 Å². The summed E-state index contributed by atoms with van der Waals surface area (Å²) in [5.41, 5.74) is 0. The second-order valence-electron chi connectivity index (χ2n) is 2.31. The van der Waals surface area contributed by atoms with E-state index in [0.717, 1.165) is 0 Å². The monoisotopic (exact) mass is 205 g/mol. The Bertz CT molecular complexity index is 118. The highest BCUT2D eigenvalue weighted by molar-refractivity contribution is 5.75. The van der Waals surface area contributed by atoms with Crippen molar-refractivity contribution in [3.63, 3.8) is 0 Å². The summed E-state index contributed by atoms with van der Waals surface area (Å²) in [4.78, 5) is 10.7. The molecule has 0 saturated carbocycles. The van der Waals surface area contributed by atoms with Crippen LogP contribution in [0.5, 0.6) is 0 Å². The van der Waals surface area contributed by atoms with Crippen molar-refractivity contribution in [2.45, 2.75) is 27.2 Å². The van der Waals surface area contributed by atoms with Gasteiger partial charge < -0.3 is 14.8 Å². The van der Waals surface area contributed by atoms with Crippen molar-refractivity contribution in [3.8, 4) is 0 Å². The van der Waals surface area contributed by atoms with E-state index in [1.54, 1.807) is 7.11 Å². The van der Waals surface area contributed by atoms with Crippen LogP contribution in [0.3, 0.4) is 0 Å². The molecule has 0 aliphatic heterocycles. The van der Waals surface area contributed by atoms with E-state index in [1.807, 2.05) is 20.8 Å². The average Bonchev–Trinajstić information content (AvgIpc) is 2.25. The number of hydrogen-bond donors (Lipinski definition) is 1. The Morgan fingerprint density at radius 2 is 1.86 bits per heavy atom. The lowest BCUT2D eigenvalue weighted by atomic mass is 10.4. The highest BCUT2D eigenvalue weighted by Gasteiger charge is 1.94. The van der Waals surface area contributed by atoms with E-state index in [9.17, 15) is 4.79 Å². The lowest BCUT2D eigenvalue weighted by Crippen LogP contribution is -2.26. The van der Waals surface area contributed by atoms with Gasteiger partial charge in [0, 0.05) is 20.1 Å². The average molecular weight is 205 g/mol. The quantitative estimate of drug-likeness (QED) is 0.635. The predicted molar refractivity (Wildman–Crippen MR) is 57.3 cm³/mol. The standard InChI is InChI=1S/C8H17NO3.C2H6/c1-3-8(10)9-4-5-12-7-6-11-2;1-2/h3-7H2,1-2H3,(H,9,10);1-2H3. The Morgan fingerprint density at radius 1 is 1.21 bits per heavy atom. The predicted octanol–water partition coefficient (Wildman–Crippen LogP) is 1.20. The van der Waals surface area contributed by atoms with E-state index >= 15 is 0 Å². The molecule has 0 spiro atoms. The summed E-state index contributed by atoms with van der Waals surface area (Å²) < 4.78 is 9.91. The Hall–Kier alpha value is -0.610. The van der Waals surface area contributed by atoms with Crippen LogP contribution < -0.4 is 5.32 Å². The van der Waals surface area contributed by atoms with Crippen molar-refractivity contribution in [2.75, 3.05) is 33.5 Å². The molecule has 0 saturated heterocycles. The highest BCUT2D eigenvalue weighted by Crippen LogP contribution is 1.77. The number of nitrogens with one attached hydrogen (secondary N) is 1. The lowest BCUT2D eigenvalue weighted by Gasteiger charge is -2.04. The minimum Gasteiger partial charge on any atom is -0.382 e. The zero-order chi connectivity index (χ0) is 11.2. The summed E-state index contributed by atoms with van der Waals surface area (Å²) >= 11 is 0. The van der Waals surface area contributed by atoms with Gasteiger partial charge in [-0.1, -0.05) is 20.8 Å². The molecule has 0 rings (SSSR count). The van der Waals surface area contributed by atoms with Gasteiger partial charge in [0.25, 0.3) is 0 Å². The first kappa shape index (κ1) is 15.8. The van der Waals surface area contributed by atoms with E-state index in [4.69, 9.17) is 9.47 Å². The molecule has 4 heteroatoms. The smallest absolute Gasteiger partial charge is 0.219 e. The minimum atomic E-state index is 0.0605. The molecule has 0 fully saturated rings. The third-order valence-electron chi connectivity index (χ3n) is 1.32. The van der Waals surface area contributed by atoms with Crippen LogP contribution in [0.2, 0.25) is 0 Å². The van der Waals surface area contributed by atoms with Crippen molar-refractivity contribution in [3.05, 3.63) is 0 Å². The Labute approximate surface area is 87.0 Å². The summed E-state index contributed by atoms with van der Waals surface area (Å²) in [6, 6.07) is 0. The molecule has 0 atom stereocenters. The summed E-state index contributed by atoms with van der Waals surface area (Å²) in [5.74, 6) is 0.0605. The number of hydrogen-bond acceptors (Lipinski definition) is 3. The molecule has 14 heavy (non-hydrogen) atoms. The van der Waals surface area contributed by atoms with E-state index < -0.39 is 0 Å². The number of methoxy groups -OCH3 is 1. The zero-order valence-electron chi connectivity index (χ0n) is 9.76. The van der Waals surface area contributed by atoms with Crippen LogP contribution in [0, 0.1) is 0 Å². The molecule has 0 unspecified atom stereocenters. The van der Waals surface area contributed by atoms with Gasteiger partial charge in [0.05, 0.1) is 19.8 Å². The van der Waals surface area contributed by atoms with E-state index in [0.29, 0.717) is 32.8 Å². The maximum atomic E-state index is 10.7. The van der Waals surface area contributed by atoms with Gasteiger partial charge in [-0.15, -0.1) is 0 Å². The zero-order valence-corrected chi connectivity index (χ0v) is 9.76. The van der Waals surface area contributed by atoms with Gasteiger partial charge in [-0.25, -0.2) is 0 Å². The molecule has 0 aliphatic rings. The second kappa shape index (κ2) is 14.9. The molecule has 86 valence electrons. The third kappa shape index (κ3) is 13.9. The maximum Gasteiger partial charge on any atom is 0.219 e. The van der Waals surface area contributed by atoms with Gasteiger partial charge >= 0.3 is 0 Å². The van der Waals surface area contributed by atoms with Gasteiger partial charge in [0.15, 0.2) is 0 Å². The van der Waals surface area contributed by atoms with Crippen LogP contribution in [-0.4, -0.2) is 39.4 Å². The van der Waals surface area contributed by atoms with Gasteiger partial charge in [-0.2, -0.15) is 0 Å². The summed E-state index contributed by atoms with van der Waals surface area (Å²) in [6.07, 6.45) is 0.526. The molecule has 1 N–H and O–H groups in total. The largest absolute Gasteiger partial charge is 0.382 e. The molecule has 4 nitrogen and oxygen atoms in total. The first-order chi connectivity index (χ1) is 6.81. The van der Waals surface area contributed by atoms with Crippen molar-refractivity contribution < 1.29 is 14.3 Å². The summed E-state index contributed by atoms with van der Waals surface area (Å²) in [7, 11) is 1.63. The highest BCUT2D eigenvalue weighted by atomic mass is 16.5. The van der Waals surface area contributed by atoms with E-state index in [1.165, 1.54) is 0 Å². The van der Waals surface area contributed by atoms with Gasteiger partial charge in [-0.05, 0) is 0 Å². The molecule has 0 aromatic carbocycles. The molecule has 0 radical (unpaired) electrons. The first-order valence-corrected chi connectivity index (χ1v) is 5.14. The maximum absolute atomic E-state index is 10.7.